The van der Waals surface area contributed by atoms with Gasteiger partial charge in [-0.15, -0.1) is 16.8 Å². The van der Waals surface area contributed by atoms with Crippen molar-refractivity contribution in [3.05, 3.63) is 78.6 Å². The van der Waals surface area contributed by atoms with E-state index in [1.165, 1.54) is 23.1 Å². The lowest BCUT2D eigenvalue weighted by Gasteiger charge is -2.15. The molecule has 0 fully saturated rings. The fraction of sp³-hybridized carbons (Fsp3) is 0.174. The average molecular weight is 479 g/mol. The zero-order valence-electron chi connectivity index (χ0n) is 17.9. The lowest BCUT2D eigenvalue weighted by molar-refractivity contribution is -0.113. The van der Waals surface area contributed by atoms with E-state index in [-0.39, 0.29) is 23.6 Å². The largest absolute Gasteiger partial charge is 0.342 e. The summed E-state index contributed by atoms with van der Waals surface area (Å²) in [5, 5.41) is 15.4. The maximum atomic E-state index is 12.5. The molecule has 0 saturated carbocycles. The van der Waals surface area contributed by atoms with E-state index in [0.29, 0.717) is 28.2 Å². The van der Waals surface area contributed by atoms with Gasteiger partial charge in [0, 0.05) is 12.1 Å². The van der Waals surface area contributed by atoms with Crippen molar-refractivity contribution in [2.45, 2.75) is 24.7 Å². The van der Waals surface area contributed by atoms with Gasteiger partial charge in [-0.1, -0.05) is 59.5 Å². The third kappa shape index (κ3) is 5.47. The Hall–Kier alpha value is -3.50. The van der Waals surface area contributed by atoms with Gasteiger partial charge < -0.3 is 15.2 Å². The van der Waals surface area contributed by atoms with Crippen LogP contribution in [0.2, 0.25) is 0 Å². The first-order valence-corrected chi connectivity index (χ1v) is 12.0. The summed E-state index contributed by atoms with van der Waals surface area (Å²) in [6, 6.07) is 16.3. The molecule has 2 aromatic heterocycles. The fourth-order valence-corrected chi connectivity index (χ4v) is 4.81. The highest BCUT2D eigenvalue weighted by Gasteiger charge is 2.20. The summed E-state index contributed by atoms with van der Waals surface area (Å²) in [5.74, 6) is 0.365. The van der Waals surface area contributed by atoms with Crippen molar-refractivity contribution in [1.82, 2.24) is 25.1 Å². The third-order valence-corrected chi connectivity index (χ3v) is 6.62. The lowest BCUT2D eigenvalue weighted by atomic mass is 10.2. The average Bonchev–Trinajstić information content (AvgIpc) is 3.41. The molecule has 0 unspecified atom stereocenters. The summed E-state index contributed by atoms with van der Waals surface area (Å²) < 4.78 is 2.86. The van der Waals surface area contributed by atoms with Crippen molar-refractivity contribution in [1.29, 1.82) is 0 Å². The second-order valence-electron chi connectivity index (χ2n) is 7.12. The van der Waals surface area contributed by atoms with Crippen molar-refractivity contribution < 1.29 is 9.59 Å². The minimum atomic E-state index is -0.379. The second-order valence-corrected chi connectivity index (χ2v) is 9.10. The van der Waals surface area contributed by atoms with Crippen molar-refractivity contribution in [3.63, 3.8) is 0 Å². The molecule has 0 spiro atoms. The van der Waals surface area contributed by atoms with Gasteiger partial charge in [-0.05, 0) is 31.2 Å². The number of aromatic nitrogens is 4. The molecule has 8 nitrogen and oxygen atoms in total. The molecule has 168 valence electrons. The number of fused-ring (bicyclic) bond motifs is 1. The molecule has 33 heavy (non-hydrogen) atoms. The molecule has 0 aliphatic carbocycles. The maximum Gasteiger partial charge on any atom is 0.251 e. The molecule has 10 heteroatoms. The summed E-state index contributed by atoms with van der Waals surface area (Å²) in [6.45, 7) is 6.10. The van der Waals surface area contributed by atoms with E-state index < -0.39 is 0 Å². The minimum absolute atomic E-state index is 0.149. The number of hydrogen-bond acceptors (Lipinski definition) is 7. The van der Waals surface area contributed by atoms with E-state index in [2.05, 4.69) is 32.4 Å². The number of thiazole rings is 1. The Labute approximate surface area is 199 Å². The molecule has 0 aliphatic heterocycles. The van der Waals surface area contributed by atoms with Crippen LogP contribution in [0.5, 0.6) is 0 Å². The molecule has 4 rings (SSSR count). The van der Waals surface area contributed by atoms with Crippen LogP contribution in [0.25, 0.3) is 10.2 Å². The van der Waals surface area contributed by atoms with E-state index in [4.69, 9.17) is 0 Å². The van der Waals surface area contributed by atoms with Gasteiger partial charge >= 0.3 is 0 Å². The zero-order valence-corrected chi connectivity index (χ0v) is 19.5. The van der Waals surface area contributed by atoms with Crippen LogP contribution in [0.15, 0.2) is 72.4 Å². The number of hydrogen-bond donors (Lipinski definition) is 2. The number of benzene rings is 2. The van der Waals surface area contributed by atoms with Crippen molar-refractivity contribution in [2.75, 3.05) is 11.1 Å². The first-order valence-electron chi connectivity index (χ1n) is 10.2. The van der Waals surface area contributed by atoms with E-state index in [1.807, 2.05) is 54.0 Å². The summed E-state index contributed by atoms with van der Waals surface area (Å²) in [6.07, 6.45) is 1.73. The summed E-state index contributed by atoms with van der Waals surface area (Å²) in [7, 11) is 0. The molecule has 1 atom stereocenters. The molecule has 0 bridgehead atoms. The van der Waals surface area contributed by atoms with Crippen LogP contribution in [0.4, 0.5) is 5.13 Å². The van der Waals surface area contributed by atoms with Crippen molar-refractivity contribution >= 4 is 50.3 Å². The summed E-state index contributed by atoms with van der Waals surface area (Å²) >= 11 is 2.70. The Bertz CT molecular complexity index is 1250. The van der Waals surface area contributed by atoms with Crippen LogP contribution in [0.1, 0.15) is 29.1 Å². The highest BCUT2D eigenvalue weighted by atomic mass is 32.2. The van der Waals surface area contributed by atoms with Gasteiger partial charge in [-0.3, -0.25) is 9.59 Å². The Balaban J connectivity index is 1.40. The SMILES string of the molecule is C=CCn1c(SCC(=O)Nc2nc3ccccc3s2)nnc1[C@H](C)NC(=O)c1ccccc1. The second kappa shape index (κ2) is 10.4. The topological polar surface area (TPSA) is 102 Å². The normalized spacial score (nSPS) is 11.8. The standard InChI is InChI=1S/C23H22N6O2S2/c1-3-13-29-20(15(2)24-21(31)16-9-5-4-6-10-16)27-28-23(29)32-14-19(30)26-22-25-17-11-7-8-12-18(17)33-22/h3-12,15H,1,13-14H2,2H3,(H,24,31)(H,25,26,30)/t15-/m0/s1. The molecule has 2 amide bonds. The quantitative estimate of drug-likeness (QED) is 0.275. The van der Waals surface area contributed by atoms with Gasteiger partial charge in [0.05, 0.1) is 22.0 Å². The summed E-state index contributed by atoms with van der Waals surface area (Å²) in [5.41, 5.74) is 1.42. The highest BCUT2D eigenvalue weighted by molar-refractivity contribution is 7.99. The predicted molar refractivity (Wildman–Crippen MR) is 132 cm³/mol. The molecular weight excluding hydrogens is 456 g/mol. The highest BCUT2D eigenvalue weighted by Crippen LogP contribution is 2.26. The number of anilines is 1. The van der Waals surface area contributed by atoms with E-state index in [9.17, 15) is 9.59 Å². The van der Waals surface area contributed by atoms with E-state index in [1.54, 1.807) is 18.2 Å². The molecule has 2 N–H and O–H groups in total. The molecule has 0 radical (unpaired) electrons. The number of amides is 2. The van der Waals surface area contributed by atoms with Crippen LogP contribution in [-0.4, -0.2) is 37.3 Å². The molecule has 2 aromatic carbocycles. The number of carbonyl (C=O) groups excluding carboxylic acids is 2. The smallest absolute Gasteiger partial charge is 0.251 e. The van der Waals surface area contributed by atoms with Crippen molar-refractivity contribution in [2.24, 2.45) is 0 Å². The third-order valence-electron chi connectivity index (χ3n) is 4.70. The molecule has 4 aromatic rings. The van der Waals surface area contributed by atoms with Crippen LogP contribution in [-0.2, 0) is 11.3 Å². The zero-order chi connectivity index (χ0) is 23.2. The Morgan fingerprint density at radius 1 is 1.15 bits per heavy atom. The number of carbonyl (C=O) groups is 2. The molecule has 0 aliphatic rings. The lowest BCUT2D eigenvalue weighted by Crippen LogP contribution is -2.28. The number of thioether (sulfide) groups is 1. The molecular formula is C23H22N6O2S2. The van der Waals surface area contributed by atoms with Crippen LogP contribution < -0.4 is 10.6 Å². The Morgan fingerprint density at radius 2 is 1.91 bits per heavy atom. The first kappa shape index (κ1) is 22.7. The number of para-hydroxylation sites is 1. The van der Waals surface area contributed by atoms with Crippen molar-refractivity contribution in [3.8, 4) is 0 Å². The van der Waals surface area contributed by atoms with Crippen LogP contribution in [0, 0.1) is 0 Å². The molecule has 2 heterocycles. The van der Waals surface area contributed by atoms with Crippen LogP contribution >= 0.6 is 23.1 Å². The number of nitrogens with zero attached hydrogens (tertiary/aromatic N) is 4. The fourth-order valence-electron chi connectivity index (χ4n) is 3.17. The predicted octanol–water partition coefficient (Wildman–Crippen LogP) is 4.30. The number of allylic oxidation sites excluding steroid dienone is 1. The first-order chi connectivity index (χ1) is 16.0. The minimum Gasteiger partial charge on any atom is -0.342 e. The van der Waals surface area contributed by atoms with Gasteiger partial charge in [-0.25, -0.2) is 4.98 Å². The van der Waals surface area contributed by atoms with Gasteiger partial charge in [-0.2, -0.15) is 0 Å². The van der Waals surface area contributed by atoms with E-state index >= 15 is 0 Å². The maximum absolute atomic E-state index is 12.5. The van der Waals surface area contributed by atoms with Gasteiger partial charge in [0.25, 0.3) is 5.91 Å². The van der Waals surface area contributed by atoms with Crippen LogP contribution in [0.3, 0.4) is 0 Å². The van der Waals surface area contributed by atoms with Gasteiger partial charge in [0.15, 0.2) is 16.1 Å². The van der Waals surface area contributed by atoms with Gasteiger partial charge in [0.2, 0.25) is 5.91 Å². The van der Waals surface area contributed by atoms with Gasteiger partial charge in [0.1, 0.15) is 0 Å². The Kier molecular flexibility index (Phi) is 7.16. The molecule has 0 saturated heterocycles. The monoisotopic (exact) mass is 478 g/mol. The Morgan fingerprint density at radius 3 is 2.67 bits per heavy atom. The number of nitrogens with one attached hydrogen (secondary N) is 2. The van der Waals surface area contributed by atoms with E-state index in [0.717, 1.165) is 10.2 Å². The number of rotatable bonds is 9. The summed E-state index contributed by atoms with van der Waals surface area (Å²) in [4.78, 5) is 29.4.